The van der Waals surface area contributed by atoms with Gasteiger partial charge in [0.2, 0.25) is 5.88 Å². The third-order valence-corrected chi connectivity index (χ3v) is 4.43. The Labute approximate surface area is 160 Å². The molecule has 8 heteroatoms. The zero-order valence-corrected chi connectivity index (χ0v) is 15.6. The van der Waals surface area contributed by atoms with E-state index in [1.54, 1.807) is 44.2 Å². The minimum atomic E-state index is -2.01. The van der Waals surface area contributed by atoms with E-state index in [2.05, 4.69) is 0 Å². The van der Waals surface area contributed by atoms with Crippen LogP contribution >= 0.6 is 0 Å². The predicted molar refractivity (Wildman–Crippen MR) is 97.4 cm³/mol. The molecule has 1 atom stereocenters. The number of nitrogens with two attached hydrogens (primary N) is 1. The first-order chi connectivity index (χ1) is 13.4. The van der Waals surface area contributed by atoms with E-state index in [0.717, 1.165) is 7.11 Å². The molecule has 1 aromatic heterocycles. The maximum Gasteiger partial charge on any atom is 0.344 e. The van der Waals surface area contributed by atoms with Crippen molar-refractivity contribution in [2.75, 3.05) is 13.7 Å². The number of benzene rings is 1. The summed E-state index contributed by atoms with van der Waals surface area (Å²) in [7, 11) is 1.15. The zero-order valence-electron chi connectivity index (χ0n) is 15.6. The van der Waals surface area contributed by atoms with Gasteiger partial charge in [0.1, 0.15) is 22.6 Å². The van der Waals surface area contributed by atoms with Crippen molar-refractivity contribution in [3.05, 3.63) is 75.2 Å². The van der Waals surface area contributed by atoms with E-state index >= 15 is 0 Å². The number of carbonyl (C=O) groups excluding carboxylic acids is 2. The summed E-state index contributed by atoms with van der Waals surface area (Å²) >= 11 is 0. The molecular weight excluding hydrogens is 366 g/mol. The van der Waals surface area contributed by atoms with Crippen LogP contribution in [0.5, 0.6) is 5.75 Å². The highest BCUT2D eigenvalue weighted by Gasteiger charge is 2.58. The zero-order chi connectivity index (χ0) is 20.5. The fraction of sp³-hybridized carbons (Fsp3) is 0.250. The molecule has 1 unspecified atom stereocenters. The molecule has 0 saturated heterocycles. The average molecular weight is 385 g/mol. The Balaban J connectivity index is 2.51. The summed E-state index contributed by atoms with van der Waals surface area (Å²) < 4.78 is 20.9. The van der Waals surface area contributed by atoms with Crippen molar-refractivity contribution in [3.63, 3.8) is 0 Å². The second-order valence-corrected chi connectivity index (χ2v) is 6.05. The minimum absolute atomic E-state index is 0.00792. The fourth-order valence-corrected chi connectivity index (χ4v) is 3.39. The Hall–Kier alpha value is -3.55. The smallest absolute Gasteiger partial charge is 0.344 e. The summed E-state index contributed by atoms with van der Waals surface area (Å²) in [6, 6.07) is 9.62. The standard InChI is InChI=1S/C20H19NO7/c1-4-26-17(22)15-16(21)28-13-10-11(2)27-18(23)14(13)20(15,19(24)25-3)12-8-6-5-7-9-12/h5-10H,4,21H2,1-3H3. The van der Waals surface area contributed by atoms with Crippen molar-refractivity contribution in [1.29, 1.82) is 0 Å². The van der Waals surface area contributed by atoms with Gasteiger partial charge >= 0.3 is 17.6 Å². The summed E-state index contributed by atoms with van der Waals surface area (Å²) in [5.74, 6) is -1.90. The van der Waals surface area contributed by atoms with Gasteiger partial charge in [-0.15, -0.1) is 0 Å². The van der Waals surface area contributed by atoms with E-state index in [9.17, 15) is 14.4 Å². The molecule has 0 aliphatic carbocycles. The molecule has 8 nitrogen and oxygen atoms in total. The van der Waals surface area contributed by atoms with Crippen LogP contribution in [0.25, 0.3) is 0 Å². The minimum Gasteiger partial charge on any atom is -0.468 e. The molecule has 0 saturated carbocycles. The maximum atomic E-state index is 13.2. The molecule has 1 aromatic carbocycles. The Morgan fingerprint density at radius 1 is 1.21 bits per heavy atom. The summed E-state index contributed by atoms with van der Waals surface area (Å²) in [5, 5.41) is 0. The third kappa shape index (κ3) is 2.74. The van der Waals surface area contributed by atoms with Crippen molar-refractivity contribution < 1.29 is 28.2 Å². The molecule has 2 N–H and O–H groups in total. The molecule has 1 aliphatic heterocycles. The van der Waals surface area contributed by atoms with Gasteiger partial charge < -0.3 is 24.4 Å². The fourth-order valence-electron chi connectivity index (χ4n) is 3.39. The lowest BCUT2D eigenvalue weighted by molar-refractivity contribution is -0.149. The Morgan fingerprint density at radius 2 is 1.89 bits per heavy atom. The molecule has 2 aromatic rings. The molecule has 0 amide bonds. The molecule has 1 aliphatic rings. The van der Waals surface area contributed by atoms with Gasteiger partial charge in [-0.1, -0.05) is 30.3 Å². The molecule has 0 fully saturated rings. The van der Waals surface area contributed by atoms with E-state index in [0.29, 0.717) is 0 Å². The van der Waals surface area contributed by atoms with E-state index in [4.69, 9.17) is 24.4 Å². The number of esters is 2. The van der Waals surface area contributed by atoms with Crippen LogP contribution in [0.4, 0.5) is 0 Å². The number of hydrogen-bond donors (Lipinski definition) is 1. The highest BCUT2D eigenvalue weighted by molar-refractivity contribution is 6.06. The van der Waals surface area contributed by atoms with Gasteiger partial charge in [0.25, 0.3) is 0 Å². The number of methoxy groups -OCH3 is 1. The lowest BCUT2D eigenvalue weighted by atomic mass is 9.68. The number of hydrogen-bond acceptors (Lipinski definition) is 8. The van der Waals surface area contributed by atoms with Gasteiger partial charge in [-0.05, 0) is 19.4 Å². The quantitative estimate of drug-likeness (QED) is 0.788. The second kappa shape index (κ2) is 7.22. The topological polar surface area (TPSA) is 118 Å². The van der Waals surface area contributed by atoms with Crippen molar-refractivity contribution in [1.82, 2.24) is 0 Å². The van der Waals surface area contributed by atoms with Gasteiger partial charge in [-0.3, -0.25) is 4.79 Å². The van der Waals surface area contributed by atoms with Crippen molar-refractivity contribution >= 4 is 11.9 Å². The van der Waals surface area contributed by atoms with Crippen molar-refractivity contribution in [2.24, 2.45) is 5.73 Å². The molecule has 146 valence electrons. The Morgan fingerprint density at radius 3 is 2.50 bits per heavy atom. The van der Waals surface area contributed by atoms with E-state index in [1.807, 2.05) is 0 Å². The summed E-state index contributed by atoms with van der Waals surface area (Å²) in [6.07, 6.45) is 0. The lowest BCUT2D eigenvalue weighted by Crippen LogP contribution is -2.50. The number of aryl methyl sites for hydroxylation is 1. The monoisotopic (exact) mass is 385 g/mol. The number of ether oxygens (including phenoxy) is 3. The number of fused-ring (bicyclic) bond motifs is 1. The Kier molecular flexibility index (Phi) is 4.96. The molecule has 0 bridgehead atoms. The first-order valence-corrected chi connectivity index (χ1v) is 8.52. The number of carbonyl (C=O) groups is 2. The molecule has 2 heterocycles. The van der Waals surface area contributed by atoms with Gasteiger partial charge in [-0.25, -0.2) is 9.59 Å². The van der Waals surface area contributed by atoms with Crippen LogP contribution < -0.4 is 16.1 Å². The van der Waals surface area contributed by atoms with Crippen LogP contribution in [0.3, 0.4) is 0 Å². The van der Waals surface area contributed by atoms with Gasteiger partial charge in [0.05, 0.1) is 13.7 Å². The number of rotatable bonds is 4. The molecule has 28 heavy (non-hydrogen) atoms. The Bertz CT molecular complexity index is 1020. The largest absolute Gasteiger partial charge is 0.468 e. The van der Waals surface area contributed by atoms with Gasteiger partial charge in [-0.2, -0.15) is 0 Å². The summed E-state index contributed by atoms with van der Waals surface area (Å²) in [6.45, 7) is 3.18. The van der Waals surface area contributed by atoms with Crippen LogP contribution in [-0.2, 0) is 24.5 Å². The van der Waals surface area contributed by atoms with Crippen LogP contribution in [0.2, 0.25) is 0 Å². The van der Waals surface area contributed by atoms with Crippen LogP contribution in [-0.4, -0.2) is 25.7 Å². The highest BCUT2D eigenvalue weighted by atomic mass is 16.5. The lowest BCUT2D eigenvalue weighted by Gasteiger charge is -2.36. The van der Waals surface area contributed by atoms with Crippen molar-refractivity contribution in [3.8, 4) is 5.75 Å². The summed E-state index contributed by atoms with van der Waals surface area (Å²) in [5.41, 5.74) is 2.94. The third-order valence-electron chi connectivity index (χ3n) is 4.43. The predicted octanol–water partition coefficient (Wildman–Crippen LogP) is 1.53. The van der Waals surface area contributed by atoms with E-state index < -0.39 is 23.0 Å². The molecular formula is C20H19NO7. The van der Waals surface area contributed by atoms with E-state index in [-0.39, 0.29) is 40.7 Å². The first-order valence-electron chi connectivity index (χ1n) is 8.52. The van der Waals surface area contributed by atoms with Gasteiger partial charge in [0.15, 0.2) is 5.41 Å². The normalized spacial score (nSPS) is 18.1. The van der Waals surface area contributed by atoms with E-state index in [1.165, 1.54) is 6.07 Å². The van der Waals surface area contributed by atoms with Crippen LogP contribution in [0, 0.1) is 6.92 Å². The highest BCUT2D eigenvalue weighted by Crippen LogP contribution is 2.47. The van der Waals surface area contributed by atoms with Gasteiger partial charge in [0, 0.05) is 6.07 Å². The van der Waals surface area contributed by atoms with Crippen LogP contribution in [0.1, 0.15) is 23.8 Å². The molecule has 0 radical (unpaired) electrons. The maximum absolute atomic E-state index is 13.2. The SMILES string of the molecule is CCOC(=O)C1=C(N)Oc2cc(C)oc(=O)c2C1(C(=O)OC)c1ccccc1. The second-order valence-electron chi connectivity index (χ2n) is 6.05. The average Bonchev–Trinajstić information content (AvgIpc) is 2.66. The molecule has 3 rings (SSSR count). The summed E-state index contributed by atoms with van der Waals surface area (Å²) in [4.78, 5) is 38.9. The molecule has 0 spiro atoms. The van der Waals surface area contributed by atoms with Crippen molar-refractivity contribution in [2.45, 2.75) is 19.3 Å². The first kappa shape index (κ1) is 19.2. The van der Waals surface area contributed by atoms with Crippen LogP contribution in [0.15, 0.2) is 57.1 Å².